The number of aromatic nitrogens is 2. The number of imidazole rings is 1. The second-order valence-electron chi connectivity index (χ2n) is 8.23. The molecule has 7 N–H and O–H groups in total. The van der Waals surface area contributed by atoms with Gasteiger partial charge in [-0.1, -0.05) is 42.5 Å². The Morgan fingerprint density at radius 3 is 2.44 bits per heavy atom. The van der Waals surface area contributed by atoms with Crippen molar-refractivity contribution in [3.8, 4) is 11.1 Å². The van der Waals surface area contributed by atoms with Gasteiger partial charge in [0.15, 0.2) is 12.1 Å². The number of hydrogen-bond donors (Lipinski definition) is 5. The minimum Gasteiger partial charge on any atom is -0.381 e. The molecule has 3 aromatic carbocycles. The molecule has 0 fully saturated rings. The standard InChI is InChI=1S/C25H26N6O3/c1-31(2)21(15-9-7-14(8-10-15)17-5-3-4-6-18(17)23(26)33)22(32)24(34)28-16-11-12-19-20(13-16)30-25(27)29-19/h3-13,21-22,32H,1-2H3,(H2,26,33)(H,28,34)(H3,27,29,30). The molecule has 34 heavy (non-hydrogen) atoms. The maximum absolute atomic E-state index is 12.9. The SMILES string of the molecule is CN(C)C(c1ccc(-c2ccccc2C(N)=O)cc1)C(O)C(=O)Nc1ccc2nc(N)[nH]c2c1. The monoisotopic (exact) mass is 458 g/mol. The molecule has 9 nitrogen and oxygen atoms in total. The number of aliphatic hydroxyl groups excluding tert-OH is 1. The van der Waals surface area contributed by atoms with Crippen LogP contribution >= 0.6 is 0 Å². The number of nitrogens with zero attached hydrogens (tertiary/aromatic N) is 2. The van der Waals surface area contributed by atoms with E-state index in [4.69, 9.17) is 11.5 Å². The molecule has 174 valence electrons. The first-order chi connectivity index (χ1) is 16.2. The number of hydrogen-bond acceptors (Lipinski definition) is 6. The molecule has 2 unspecified atom stereocenters. The lowest BCUT2D eigenvalue weighted by Crippen LogP contribution is -2.39. The summed E-state index contributed by atoms with van der Waals surface area (Å²) < 4.78 is 0. The number of anilines is 2. The average Bonchev–Trinajstić information content (AvgIpc) is 3.18. The smallest absolute Gasteiger partial charge is 0.255 e. The van der Waals surface area contributed by atoms with E-state index >= 15 is 0 Å². The summed E-state index contributed by atoms with van der Waals surface area (Å²) in [6.07, 6.45) is -1.35. The normalized spacial score (nSPS) is 13.1. The van der Waals surface area contributed by atoms with E-state index in [9.17, 15) is 14.7 Å². The van der Waals surface area contributed by atoms with Crippen molar-refractivity contribution >= 4 is 34.5 Å². The van der Waals surface area contributed by atoms with Crippen molar-refractivity contribution in [3.63, 3.8) is 0 Å². The second-order valence-corrected chi connectivity index (χ2v) is 8.23. The van der Waals surface area contributed by atoms with Crippen LogP contribution in [0.5, 0.6) is 0 Å². The zero-order chi connectivity index (χ0) is 24.4. The van der Waals surface area contributed by atoms with Crippen LogP contribution in [0.4, 0.5) is 11.6 Å². The van der Waals surface area contributed by atoms with Gasteiger partial charge in [0.1, 0.15) is 0 Å². The van der Waals surface area contributed by atoms with E-state index in [1.54, 1.807) is 49.3 Å². The summed E-state index contributed by atoms with van der Waals surface area (Å²) in [5.41, 5.74) is 15.7. The number of fused-ring (bicyclic) bond motifs is 1. The first kappa shape index (κ1) is 23.0. The van der Waals surface area contributed by atoms with Crippen LogP contribution < -0.4 is 16.8 Å². The number of carbonyl (C=O) groups excluding carboxylic acids is 2. The molecular formula is C25H26N6O3. The maximum atomic E-state index is 12.9. The number of aromatic amines is 1. The first-order valence-corrected chi connectivity index (χ1v) is 10.6. The number of H-pyrrole nitrogens is 1. The lowest BCUT2D eigenvalue weighted by atomic mass is 9.94. The third kappa shape index (κ3) is 4.61. The number of carbonyl (C=O) groups is 2. The van der Waals surface area contributed by atoms with E-state index in [-0.39, 0.29) is 5.95 Å². The molecular weight excluding hydrogens is 432 g/mol. The van der Waals surface area contributed by atoms with Crippen LogP contribution in [0.1, 0.15) is 22.0 Å². The Morgan fingerprint density at radius 2 is 1.76 bits per heavy atom. The van der Waals surface area contributed by atoms with Gasteiger partial charge in [0, 0.05) is 11.3 Å². The predicted octanol–water partition coefficient (Wildman–Crippen LogP) is 2.51. The van der Waals surface area contributed by atoms with Gasteiger partial charge in [-0.2, -0.15) is 0 Å². The van der Waals surface area contributed by atoms with Crippen LogP contribution in [0.3, 0.4) is 0 Å². The number of benzene rings is 3. The number of nitrogens with one attached hydrogen (secondary N) is 2. The molecule has 0 saturated carbocycles. The molecule has 0 radical (unpaired) electrons. The van der Waals surface area contributed by atoms with Gasteiger partial charge in [-0.15, -0.1) is 0 Å². The van der Waals surface area contributed by atoms with Crippen molar-refractivity contribution < 1.29 is 14.7 Å². The van der Waals surface area contributed by atoms with Crippen LogP contribution in [0, 0.1) is 0 Å². The highest BCUT2D eigenvalue weighted by molar-refractivity contribution is 6.00. The lowest BCUT2D eigenvalue weighted by Gasteiger charge is -2.29. The Hall–Kier alpha value is -4.21. The Morgan fingerprint density at radius 1 is 1.06 bits per heavy atom. The summed E-state index contributed by atoms with van der Waals surface area (Å²) in [5.74, 6) is -0.768. The van der Waals surface area contributed by atoms with Crippen LogP contribution in [-0.2, 0) is 4.79 Å². The lowest BCUT2D eigenvalue weighted by molar-refractivity contribution is -0.127. The van der Waals surface area contributed by atoms with Crippen molar-refractivity contribution in [2.45, 2.75) is 12.1 Å². The van der Waals surface area contributed by atoms with Crippen molar-refractivity contribution in [2.24, 2.45) is 5.73 Å². The van der Waals surface area contributed by atoms with E-state index in [1.807, 2.05) is 36.4 Å². The minimum absolute atomic E-state index is 0.285. The van der Waals surface area contributed by atoms with Gasteiger partial charge in [0.2, 0.25) is 5.91 Å². The molecule has 4 aromatic rings. The number of rotatable bonds is 7. The van der Waals surface area contributed by atoms with Gasteiger partial charge in [-0.3, -0.25) is 14.5 Å². The topological polar surface area (TPSA) is 150 Å². The van der Waals surface area contributed by atoms with E-state index in [0.29, 0.717) is 22.3 Å². The molecule has 4 rings (SSSR count). The van der Waals surface area contributed by atoms with Crippen LogP contribution in [0.2, 0.25) is 0 Å². The van der Waals surface area contributed by atoms with Crippen LogP contribution in [0.15, 0.2) is 66.7 Å². The van der Waals surface area contributed by atoms with Gasteiger partial charge < -0.3 is 26.9 Å². The fourth-order valence-electron chi connectivity index (χ4n) is 4.04. The van der Waals surface area contributed by atoms with E-state index in [0.717, 1.165) is 16.7 Å². The van der Waals surface area contributed by atoms with Crippen molar-refractivity contribution in [2.75, 3.05) is 25.1 Å². The van der Waals surface area contributed by atoms with Crippen LogP contribution in [-0.4, -0.2) is 52.0 Å². The second kappa shape index (κ2) is 9.34. The summed E-state index contributed by atoms with van der Waals surface area (Å²) >= 11 is 0. The quantitative estimate of drug-likeness (QED) is 0.287. The van der Waals surface area contributed by atoms with Crippen LogP contribution in [0.25, 0.3) is 22.2 Å². The zero-order valence-electron chi connectivity index (χ0n) is 18.8. The largest absolute Gasteiger partial charge is 0.381 e. The Balaban J connectivity index is 1.56. The maximum Gasteiger partial charge on any atom is 0.255 e. The highest BCUT2D eigenvalue weighted by atomic mass is 16.3. The molecule has 1 aromatic heterocycles. The van der Waals surface area contributed by atoms with Gasteiger partial charge in [-0.05, 0) is 55.1 Å². The summed E-state index contributed by atoms with van der Waals surface area (Å²) in [6, 6.07) is 19.0. The molecule has 0 aliphatic heterocycles. The van der Waals surface area contributed by atoms with E-state index < -0.39 is 24.0 Å². The zero-order valence-corrected chi connectivity index (χ0v) is 18.8. The number of nitrogen functional groups attached to an aromatic ring is 1. The third-order valence-corrected chi connectivity index (χ3v) is 5.65. The molecule has 0 aliphatic rings. The molecule has 0 aliphatic carbocycles. The highest BCUT2D eigenvalue weighted by Gasteiger charge is 2.29. The molecule has 0 spiro atoms. The summed E-state index contributed by atoms with van der Waals surface area (Å²) in [7, 11) is 3.58. The van der Waals surface area contributed by atoms with Gasteiger partial charge >= 0.3 is 0 Å². The number of primary amides is 1. The fraction of sp³-hybridized carbons (Fsp3) is 0.160. The van der Waals surface area contributed by atoms with E-state index in [1.165, 1.54) is 0 Å². The summed E-state index contributed by atoms with van der Waals surface area (Å²) in [6.45, 7) is 0. The molecule has 2 atom stereocenters. The molecule has 1 heterocycles. The number of nitrogens with two attached hydrogens (primary N) is 2. The van der Waals surface area contributed by atoms with Crippen molar-refractivity contribution in [1.82, 2.24) is 14.9 Å². The molecule has 9 heteroatoms. The highest BCUT2D eigenvalue weighted by Crippen LogP contribution is 2.29. The molecule has 0 saturated heterocycles. The predicted molar refractivity (Wildman–Crippen MR) is 132 cm³/mol. The first-order valence-electron chi connectivity index (χ1n) is 10.6. The number of amides is 2. The van der Waals surface area contributed by atoms with Crippen molar-refractivity contribution in [1.29, 1.82) is 0 Å². The minimum atomic E-state index is -1.35. The third-order valence-electron chi connectivity index (χ3n) is 5.65. The summed E-state index contributed by atoms with van der Waals surface area (Å²) in [5, 5.41) is 13.7. The van der Waals surface area contributed by atoms with Crippen molar-refractivity contribution in [3.05, 3.63) is 77.9 Å². The van der Waals surface area contributed by atoms with Gasteiger partial charge in [0.05, 0.1) is 17.1 Å². The van der Waals surface area contributed by atoms with E-state index in [2.05, 4.69) is 15.3 Å². The van der Waals surface area contributed by atoms with Gasteiger partial charge in [-0.25, -0.2) is 4.98 Å². The average molecular weight is 459 g/mol. The summed E-state index contributed by atoms with van der Waals surface area (Å²) in [4.78, 5) is 33.5. The fourth-order valence-corrected chi connectivity index (χ4v) is 4.04. The molecule has 0 bridgehead atoms. The Kier molecular flexibility index (Phi) is 6.31. The van der Waals surface area contributed by atoms with Gasteiger partial charge in [0.25, 0.3) is 5.91 Å². The Bertz CT molecular complexity index is 1350. The number of aliphatic hydroxyl groups is 1. The molecule has 2 amide bonds. The Labute approximate surface area is 196 Å². The number of likely N-dealkylation sites (N-methyl/N-ethyl adjacent to an activating group) is 1.